The van der Waals surface area contributed by atoms with Crippen LogP contribution in [-0.2, 0) is 4.84 Å². The van der Waals surface area contributed by atoms with E-state index >= 15 is 0 Å². The van der Waals surface area contributed by atoms with E-state index in [9.17, 15) is 4.79 Å². The van der Waals surface area contributed by atoms with Crippen molar-refractivity contribution in [2.45, 2.75) is 13.0 Å². The molecule has 3 N–H and O–H groups in total. The van der Waals surface area contributed by atoms with Crippen molar-refractivity contribution < 1.29 is 9.63 Å². The first-order chi connectivity index (χ1) is 13.5. The topological polar surface area (TPSA) is 76.7 Å². The number of para-hydroxylation sites is 2. The zero-order chi connectivity index (χ0) is 20.1. The molecule has 1 heterocycles. The first-order valence-corrected chi connectivity index (χ1v) is 9.91. The number of hydrogen-bond acceptors (Lipinski definition) is 5. The van der Waals surface area contributed by atoms with Crippen LogP contribution in [0.15, 0.2) is 59.8 Å². The molecule has 144 valence electrons. The molecule has 1 unspecified atom stereocenters. The van der Waals surface area contributed by atoms with E-state index in [1.54, 1.807) is 43.5 Å². The normalized spacial score (nSPS) is 12.1. The summed E-state index contributed by atoms with van der Waals surface area (Å²) in [6, 6.07) is 15.9. The number of nitrogen functional groups attached to an aromatic ring is 1. The predicted octanol–water partition coefficient (Wildman–Crippen LogP) is 6.00. The molecule has 0 bridgehead atoms. The number of benzene rings is 2. The molecule has 0 spiro atoms. The molecule has 28 heavy (non-hydrogen) atoms. The average Bonchev–Trinajstić information content (AvgIpc) is 3.17. The number of amides is 1. The number of halogens is 2. The molecule has 0 saturated heterocycles. The highest BCUT2D eigenvalue weighted by molar-refractivity contribution is 7.14. The molecule has 1 aromatic heterocycles. The third-order valence-corrected chi connectivity index (χ3v) is 5.70. The van der Waals surface area contributed by atoms with Crippen molar-refractivity contribution in [2.24, 2.45) is 5.16 Å². The minimum atomic E-state index is -0.515. The van der Waals surface area contributed by atoms with Crippen LogP contribution < -0.4 is 11.1 Å². The quantitative estimate of drug-likeness (QED) is 0.284. The second-order valence-electron chi connectivity index (χ2n) is 5.77. The molecule has 0 radical (unpaired) electrons. The monoisotopic (exact) mass is 433 g/mol. The van der Waals surface area contributed by atoms with Crippen LogP contribution in [0.1, 0.15) is 33.1 Å². The summed E-state index contributed by atoms with van der Waals surface area (Å²) < 4.78 is 0. The Bertz CT molecular complexity index is 1020. The van der Waals surface area contributed by atoms with Gasteiger partial charge < -0.3 is 15.9 Å². The molecule has 1 atom stereocenters. The summed E-state index contributed by atoms with van der Waals surface area (Å²) in [5, 5.41) is 7.59. The fourth-order valence-corrected chi connectivity index (χ4v) is 3.75. The second-order valence-corrected chi connectivity index (χ2v) is 7.70. The van der Waals surface area contributed by atoms with Gasteiger partial charge in [0.15, 0.2) is 6.10 Å². The van der Waals surface area contributed by atoms with E-state index in [4.69, 9.17) is 33.8 Å². The van der Waals surface area contributed by atoms with Gasteiger partial charge in [-0.3, -0.25) is 4.79 Å². The number of hydrogen-bond donors (Lipinski definition) is 2. The van der Waals surface area contributed by atoms with Crippen LogP contribution in [-0.4, -0.2) is 12.1 Å². The number of nitrogens with two attached hydrogens (primary N) is 1. The summed E-state index contributed by atoms with van der Waals surface area (Å²) in [7, 11) is 0. The molecule has 5 nitrogen and oxygen atoms in total. The molecule has 3 rings (SSSR count). The smallest absolute Gasteiger partial charge is 0.265 e. The Labute approximate surface area is 176 Å². The molecule has 0 aliphatic carbocycles. The number of carbonyl (C=O) groups is 1. The maximum Gasteiger partial charge on any atom is 0.265 e. The minimum Gasteiger partial charge on any atom is -0.397 e. The largest absolute Gasteiger partial charge is 0.397 e. The van der Waals surface area contributed by atoms with Gasteiger partial charge in [-0.25, -0.2) is 0 Å². The van der Waals surface area contributed by atoms with Crippen LogP contribution in [0.5, 0.6) is 0 Å². The highest BCUT2D eigenvalue weighted by Crippen LogP contribution is 2.35. The Morgan fingerprint density at radius 1 is 1.18 bits per heavy atom. The maximum absolute atomic E-state index is 12.6. The molecule has 0 aliphatic heterocycles. The summed E-state index contributed by atoms with van der Waals surface area (Å²) in [5.41, 5.74) is 7.73. The van der Waals surface area contributed by atoms with Crippen LogP contribution in [0.4, 0.5) is 11.4 Å². The van der Waals surface area contributed by atoms with Gasteiger partial charge in [-0.2, -0.15) is 0 Å². The van der Waals surface area contributed by atoms with Crippen molar-refractivity contribution in [1.82, 2.24) is 0 Å². The fourth-order valence-electron chi connectivity index (χ4n) is 2.48. The zero-order valence-electron chi connectivity index (χ0n) is 14.9. The van der Waals surface area contributed by atoms with Gasteiger partial charge in [-0.15, -0.1) is 11.3 Å². The number of anilines is 2. The van der Waals surface area contributed by atoms with Crippen LogP contribution in [0.25, 0.3) is 0 Å². The van der Waals surface area contributed by atoms with Crippen LogP contribution >= 0.6 is 34.5 Å². The Morgan fingerprint density at radius 2 is 1.96 bits per heavy atom. The summed E-state index contributed by atoms with van der Waals surface area (Å²) in [6.07, 6.45) is 1.03. The molecule has 0 saturated carbocycles. The molecular weight excluding hydrogens is 417 g/mol. The van der Waals surface area contributed by atoms with Gasteiger partial charge in [0, 0.05) is 11.8 Å². The minimum absolute atomic E-state index is 0.249. The average molecular weight is 434 g/mol. The summed E-state index contributed by atoms with van der Waals surface area (Å²) in [6.45, 7) is 1.75. The van der Waals surface area contributed by atoms with Crippen molar-refractivity contribution in [1.29, 1.82) is 0 Å². The molecule has 8 heteroatoms. The Morgan fingerprint density at radius 3 is 2.68 bits per heavy atom. The van der Waals surface area contributed by atoms with Crippen LogP contribution in [0, 0.1) is 0 Å². The summed E-state index contributed by atoms with van der Waals surface area (Å²) >= 11 is 13.5. The Balaban J connectivity index is 1.86. The lowest BCUT2D eigenvalue weighted by molar-refractivity contribution is 0.0910. The van der Waals surface area contributed by atoms with E-state index < -0.39 is 6.10 Å². The molecule has 0 fully saturated rings. The van der Waals surface area contributed by atoms with Crippen molar-refractivity contribution >= 4 is 58.0 Å². The third kappa shape index (κ3) is 4.65. The van der Waals surface area contributed by atoms with E-state index in [0.717, 1.165) is 10.4 Å². The second kappa shape index (κ2) is 9.10. The van der Waals surface area contributed by atoms with E-state index in [1.807, 2.05) is 24.3 Å². The highest BCUT2D eigenvalue weighted by Gasteiger charge is 2.21. The highest BCUT2D eigenvalue weighted by atomic mass is 35.5. The lowest BCUT2D eigenvalue weighted by Gasteiger charge is -2.14. The van der Waals surface area contributed by atoms with Gasteiger partial charge in [-0.05, 0) is 43.3 Å². The van der Waals surface area contributed by atoms with Crippen LogP contribution in [0.2, 0.25) is 10.0 Å². The van der Waals surface area contributed by atoms with Crippen LogP contribution in [0.3, 0.4) is 0 Å². The van der Waals surface area contributed by atoms with Gasteiger partial charge in [0.05, 0.1) is 31.2 Å². The summed E-state index contributed by atoms with van der Waals surface area (Å²) in [4.78, 5) is 19.5. The first kappa shape index (κ1) is 20.2. The number of nitrogens with zero attached hydrogens (tertiary/aromatic N) is 1. The van der Waals surface area contributed by atoms with Gasteiger partial charge in [0.1, 0.15) is 0 Å². The van der Waals surface area contributed by atoms with Crippen molar-refractivity contribution in [3.8, 4) is 0 Å². The van der Waals surface area contributed by atoms with Crippen molar-refractivity contribution in [2.75, 3.05) is 11.1 Å². The lowest BCUT2D eigenvalue weighted by atomic mass is 10.1. The number of nitrogens with one attached hydrogen (secondary N) is 1. The van der Waals surface area contributed by atoms with Gasteiger partial charge in [0.25, 0.3) is 5.91 Å². The maximum atomic E-state index is 12.6. The van der Waals surface area contributed by atoms with E-state index in [1.165, 1.54) is 11.3 Å². The van der Waals surface area contributed by atoms with E-state index in [2.05, 4.69) is 10.5 Å². The predicted molar refractivity (Wildman–Crippen MR) is 117 cm³/mol. The standard InChI is InChI=1S/C20H17Cl2N3O2S/c1-2-24-27-19(12-7-8-13(21)14(22)11-12)17-9-10-18(28-17)20(26)25-16-6-4-3-5-15(16)23/h2-11,19H,23H2,1H3,(H,25,26). The molecule has 0 aliphatic rings. The first-order valence-electron chi connectivity index (χ1n) is 8.34. The number of thiophene rings is 1. The molecular formula is C20H17Cl2N3O2S. The Hall–Kier alpha value is -2.54. The van der Waals surface area contributed by atoms with Gasteiger partial charge in [0.2, 0.25) is 0 Å². The zero-order valence-corrected chi connectivity index (χ0v) is 17.2. The number of carbonyl (C=O) groups excluding carboxylic acids is 1. The SMILES string of the molecule is CC=NOC(c1ccc(Cl)c(Cl)c1)c1ccc(C(=O)Nc2ccccc2N)s1. The number of oxime groups is 1. The Kier molecular flexibility index (Phi) is 6.57. The molecule has 2 aromatic carbocycles. The van der Waals surface area contributed by atoms with Gasteiger partial charge >= 0.3 is 0 Å². The molecule has 3 aromatic rings. The summed E-state index contributed by atoms with van der Waals surface area (Å²) in [5.74, 6) is -0.249. The third-order valence-electron chi connectivity index (χ3n) is 3.84. The fraction of sp³-hybridized carbons (Fsp3) is 0.100. The van der Waals surface area contributed by atoms with E-state index in [0.29, 0.717) is 26.3 Å². The molecule has 1 amide bonds. The van der Waals surface area contributed by atoms with Crippen molar-refractivity contribution in [3.63, 3.8) is 0 Å². The lowest BCUT2D eigenvalue weighted by Crippen LogP contribution is -2.11. The van der Waals surface area contributed by atoms with Gasteiger partial charge in [-0.1, -0.05) is 46.6 Å². The number of rotatable bonds is 6. The van der Waals surface area contributed by atoms with Crippen molar-refractivity contribution in [3.05, 3.63) is 80.0 Å². The van der Waals surface area contributed by atoms with E-state index in [-0.39, 0.29) is 5.91 Å².